The molecule has 1 aromatic rings. The molecule has 1 atom stereocenters. The highest BCUT2D eigenvalue weighted by Gasteiger charge is 2.13. The minimum absolute atomic E-state index is 0.696. The Bertz CT molecular complexity index is 295. The number of nitrogens with one attached hydrogen (secondary N) is 1. The van der Waals surface area contributed by atoms with Gasteiger partial charge < -0.3 is 11.1 Å². The second-order valence-electron chi connectivity index (χ2n) is 3.68. The lowest BCUT2D eigenvalue weighted by molar-refractivity contribution is 0.674. The Hall–Kier alpha value is -0.670. The molecule has 1 heterocycles. The van der Waals surface area contributed by atoms with E-state index in [-0.39, 0.29) is 0 Å². The molecule has 0 spiro atoms. The normalized spacial score (nSPS) is 21.3. The van der Waals surface area contributed by atoms with E-state index in [4.69, 9.17) is 5.73 Å². The van der Waals surface area contributed by atoms with Crippen LogP contribution in [0.3, 0.4) is 0 Å². The first-order valence-corrected chi connectivity index (χ1v) is 6.05. The predicted octanol–water partition coefficient (Wildman–Crippen LogP) is 2.11. The number of hydrogen-bond acceptors (Lipinski definition) is 3. The first-order chi connectivity index (χ1) is 6.84. The summed E-state index contributed by atoms with van der Waals surface area (Å²) in [6.45, 7) is 1.18. The van der Waals surface area contributed by atoms with Crippen molar-refractivity contribution in [3.05, 3.63) is 24.3 Å². The summed E-state index contributed by atoms with van der Waals surface area (Å²) in [5, 5.41) is 3.49. The van der Waals surface area contributed by atoms with Crippen molar-refractivity contribution in [1.82, 2.24) is 5.32 Å². The van der Waals surface area contributed by atoms with Gasteiger partial charge in [-0.3, -0.25) is 0 Å². The molecule has 1 aliphatic heterocycles. The van der Waals surface area contributed by atoms with E-state index in [9.17, 15) is 0 Å². The van der Waals surface area contributed by atoms with Crippen molar-refractivity contribution >= 4 is 17.4 Å². The van der Waals surface area contributed by atoms with Crippen LogP contribution in [0.15, 0.2) is 29.2 Å². The summed E-state index contributed by atoms with van der Waals surface area (Å²) in [6, 6.07) is 8.80. The van der Waals surface area contributed by atoms with E-state index in [1.807, 2.05) is 30.0 Å². The average Bonchev–Trinajstić information content (AvgIpc) is 2.67. The summed E-state index contributed by atoms with van der Waals surface area (Å²) in [4.78, 5) is 1.28. The molecule has 0 unspecified atom stereocenters. The van der Waals surface area contributed by atoms with Gasteiger partial charge in [0, 0.05) is 22.4 Å². The van der Waals surface area contributed by atoms with Crippen LogP contribution >= 0.6 is 11.8 Å². The zero-order valence-electron chi connectivity index (χ0n) is 8.20. The number of rotatable bonds is 3. The monoisotopic (exact) mass is 208 g/mol. The molecule has 3 N–H and O–H groups in total. The Morgan fingerprint density at radius 2 is 2.43 bits per heavy atom. The second-order valence-corrected chi connectivity index (χ2v) is 4.77. The van der Waals surface area contributed by atoms with Crippen LogP contribution in [0.2, 0.25) is 0 Å². The maximum atomic E-state index is 5.71. The van der Waals surface area contributed by atoms with Crippen molar-refractivity contribution in [3.63, 3.8) is 0 Å². The number of anilines is 1. The number of hydrogen-bond donors (Lipinski definition) is 2. The minimum Gasteiger partial charge on any atom is -0.399 e. The molecule has 1 fully saturated rings. The van der Waals surface area contributed by atoms with Crippen LogP contribution in [0.1, 0.15) is 12.8 Å². The van der Waals surface area contributed by atoms with E-state index in [1.54, 1.807) is 0 Å². The van der Waals surface area contributed by atoms with Crippen LogP contribution in [0.5, 0.6) is 0 Å². The van der Waals surface area contributed by atoms with E-state index < -0.39 is 0 Å². The lowest BCUT2D eigenvalue weighted by atomic mass is 10.3. The van der Waals surface area contributed by atoms with Crippen LogP contribution in [0, 0.1) is 0 Å². The molecule has 3 heteroatoms. The van der Waals surface area contributed by atoms with Crippen molar-refractivity contribution < 1.29 is 0 Å². The van der Waals surface area contributed by atoms with E-state index >= 15 is 0 Å². The van der Waals surface area contributed by atoms with Crippen LogP contribution < -0.4 is 11.1 Å². The topological polar surface area (TPSA) is 38.0 Å². The summed E-state index contributed by atoms with van der Waals surface area (Å²) in [5.41, 5.74) is 6.57. The molecule has 2 rings (SSSR count). The predicted molar refractivity (Wildman–Crippen MR) is 62.6 cm³/mol. The lowest BCUT2D eigenvalue weighted by Gasteiger charge is -2.09. The van der Waals surface area contributed by atoms with Crippen molar-refractivity contribution in [2.24, 2.45) is 0 Å². The van der Waals surface area contributed by atoms with Gasteiger partial charge in [-0.2, -0.15) is 0 Å². The van der Waals surface area contributed by atoms with Crippen molar-refractivity contribution in [2.45, 2.75) is 23.8 Å². The average molecular weight is 208 g/mol. The molecule has 14 heavy (non-hydrogen) atoms. The lowest BCUT2D eigenvalue weighted by Crippen LogP contribution is -2.23. The first kappa shape index (κ1) is 9.87. The molecule has 76 valence electrons. The number of nitrogens with two attached hydrogens (primary N) is 1. The van der Waals surface area contributed by atoms with Gasteiger partial charge in [-0.25, -0.2) is 0 Å². The minimum atomic E-state index is 0.696. The Balaban J connectivity index is 1.85. The summed E-state index contributed by atoms with van der Waals surface area (Å²) < 4.78 is 0. The molecule has 0 bridgehead atoms. The molecular weight excluding hydrogens is 192 g/mol. The molecule has 1 aliphatic rings. The molecule has 0 aliphatic carbocycles. The van der Waals surface area contributed by atoms with Crippen molar-refractivity contribution in [3.8, 4) is 0 Å². The molecule has 1 aromatic carbocycles. The van der Waals surface area contributed by atoms with Crippen LogP contribution in [0.4, 0.5) is 5.69 Å². The van der Waals surface area contributed by atoms with Crippen molar-refractivity contribution in [1.29, 1.82) is 0 Å². The van der Waals surface area contributed by atoms with Gasteiger partial charge in [0.25, 0.3) is 0 Å². The number of benzene rings is 1. The summed E-state index contributed by atoms with van der Waals surface area (Å²) in [6.07, 6.45) is 2.64. The van der Waals surface area contributed by atoms with Gasteiger partial charge in [-0.05, 0) is 37.6 Å². The standard InChI is InChI=1S/C11H16N2S/c12-9-3-1-5-11(7-9)14-8-10-4-2-6-13-10/h1,3,5,7,10,13H,2,4,6,8,12H2/t10-/m0/s1. The first-order valence-electron chi connectivity index (χ1n) is 5.06. The van der Waals surface area contributed by atoms with Crippen LogP contribution in [-0.2, 0) is 0 Å². The Morgan fingerprint density at radius 3 is 3.14 bits per heavy atom. The third-order valence-electron chi connectivity index (χ3n) is 2.47. The molecular formula is C11H16N2S. The molecule has 0 radical (unpaired) electrons. The van der Waals surface area contributed by atoms with Gasteiger partial charge in [0.05, 0.1) is 0 Å². The Labute approximate surface area is 89.3 Å². The van der Waals surface area contributed by atoms with Crippen LogP contribution in [0.25, 0.3) is 0 Å². The van der Waals surface area contributed by atoms with Crippen molar-refractivity contribution in [2.75, 3.05) is 18.0 Å². The van der Waals surface area contributed by atoms with Gasteiger partial charge >= 0.3 is 0 Å². The van der Waals surface area contributed by atoms with E-state index in [2.05, 4.69) is 11.4 Å². The summed E-state index contributed by atoms with van der Waals surface area (Å²) >= 11 is 1.89. The summed E-state index contributed by atoms with van der Waals surface area (Å²) in [7, 11) is 0. The van der Waals surface area contributed by atoms with E-state index in [0.717, 1.165) is 11.4 Å². The molecule has 0 amide bonds. The van der Waals surface area contributed by atoms with E-state index in [0.29, 0.717) is 6.04 Å². The van der Waals surface area contributed by atoms with Gasteiger partial charge in [-0.15, -0.1) is 11.8 Å². The third-order valence-corrected chi connectivity index (χ3v) is 3.63. The number of nitrogen functional groups attached to an aromatic ring is 1. The highest BCUT2D eigenvalue weighted by atomic mass is 32.2. The highest BCUT2D eigenvalue weighted by molar-refractivity contribution is 7.99. The molecule has 1 saturated heterocycles. The summed E-state index contributed by atoms with van der Waals surface area (Å²) in [5.74, 6) is 1.16. The largest absolute Gasteiger partial charge is 0.399 e. The third kappa shape index (κ3) is 2.66. The fourth-order valence-corrected chi connectivity index (χ4v) is 2.77. The SMILES string of the molecule is Nc1cccc(SC[C@@H]2CCCN2)c1. The van der Waals surface area contributed by atoms with Gasteiger partial charge in [0.2, 0.25) is 0 Å². The zero-order chi connectivity index (χ0) is 9.80. The number of thioether (sulfide) groups is 1. The van der Waals surface area contributed by atoms with Gasteiger partial charge in [-0.1, -0.05) is 6.07 Å². The maximum absolute atomic E-state index is 5.71. The van der Waals surface area contributed by atoms with Gasteiger partial charge in [0.1, 0.15) is 0 Å². The molecule has 0 saturated carbocycles. The van der Waals surface area contributed by atoms with Gasteiger partial charge in [0.15, 0.2) is 0 Å². The molecule has 0 aromatic heterocycles. The Kier molecular flexibility index (Phi) is 3.32. The quantitative estimate of drug-likeness (QED) is 0.590. The van der Waals surface area contributed by atoms with E-state index in [1.165, 1.54) is 24.3 Å². The maximum Gasteiger partial charge on any atom is 0.0325 e. The Morgan fingerprint density at radius 1 is 1.50 bits per heavy atom. The second kappa shape index (κ2) is 4.71. The molecule has 2 nitrogen and oxygen atoms in total. The van der Waals surface area contributed by atoms with Crippen LogP contribution in [-0.4, -0.2) is 18.3 Å². The fraction of sp³-hybridized carbons (Fsp3) is 0.455. The zero-order valence-corrected chi connectivity index (χ0v) is 9.02. The smallest absolute Gasteiger partial charge is 0.0325 e. The fourth-order valence-electron chi connectivity index (χ4n) is 1.70. The highest BCUT2D eigenvalue weighted by Crippen LogP contribution is 2.22.